The average molecular weight is 250 g/mol. The molecule has 0 aliphatic carbocycles. The Morgan fingerprint density at radius 3 is 2.72 bits per heavy atom. The van der Waals surface area contributed by atoms with E-state index < -0.39 is 12.1 Å². The molecule has 2 unspecified atom stereocenters. The number of hydrogen-bond acceptors (Lipinski definition) is 2. The number of carbonyl (C=O) groups is 1. The second kappa shape index (κ2) is 6.34. The van der Waals surface area contributed by atoms with Gasteiger partial charge in [0.1, 0.15) is 0 Å². The zero-order chi connectivity index (χ0) is 13.7. The predicted octanol–water partition coefficient (Wildman–Crippen LogP) is 3.90. The smallest absolute Gasteiger partial charge is 0.336 e. The summed E-state index contributed by atoms with van der Waals surface area (Å²) in [7, 11) is 0. The van der Waals surface area contributed by atoms with Crippen molar-refractivity contribution in [1.29, 1.82) is 0 Å². The van der Waals surface area contributed by atoms with E-state index in [9.17, 15) is 9.18 Å². The van der Waals surface area contributed by atoms with Gasteiger partial charge in [0.25, 0.3) is 0 Å². The van der Waals surface area contributed by atoms with Crippen LogP contribution in [0.15, 0.2) is 36.4 Å². The van der Waals surface area contributed by atoms with Gasteiger partial charge in [-0.2, -0.15) is 0 Å². The van der Waals surface area contributed by atoms with Gasteiger partial charge in [0, 0.05) is 0 Å². The van der Waals surface area contributed by atoms with E-state index in [0.717, 1.165) is 5.56 Å². The van der Waals surface area contributed by atoms with Crippen molar-refractivity contribution in [3.8, 4) is 0 Å². The molecule has 0 bridgehead atoms. The molecule has 0 heterocycles. The van der Waals surface area contributed by atoms with Gasteiger partial charge >= 0.3 is 5.97 Å². The topological polar surface area (TPSA) is 26.3 Å². The normalized spacial score (nSPS) is 13.8. The van der Waals surface area contributed by atoms with Crippen molar-refractivity contribution in [2.24, 2.45) is 0 Å². The van der Waals surface area contributed by atoms with E-state index in [-0.39, 0.29) is 11.7 Å². The molecule has 0 radical (unpaired) electrons. The van der Waals surface area contributed by atoms with Crippen LogP contribution in [0.4, 0.5) is 4.39 Å². The van der Waals surface area contributed by atoms with Crippen LogP contribution in [0.1, 0.15) is 37.6 Å². The molecule has 1 aromatic rings. The van der Waals surface area contributed by atoms with E-state index in [1.807, 2.05) is 19.9 Å². The first-order valence-electron chi connectivity index (χ1n) is 6.06. The maximum atomic E-state index is 14.1. The number of benzene rings is 1. The van der Waals surface area contributed by atoms with Crippen molar-refractivity contribution in [3.05, 3.63) is 47.5 Å². The number of aryl methyl sites for hydroxylation is 1. The summed E-state index contributed by atoms with van der Waals surface area (Å²) in [6, 6.07) is 6.97. The number of esters is 1. The van der Waals surface area contributed by atoms with E-state index in [4.69, 9.17) is 4.74 Å². The standard InChI is InChI=1S/C15H19FO2/c1-5-11(3)18-15(17)12(4)14(16)13-8-6-7-10(2)9-13/h6-9,11,14H,4-5H2,1-3H3. The predicted molar refractivity (Wildman–Crippen MR) is 70.0 cm³/mol. The van der Waals surface area contributed by atoms with E-state index in [1.165, 1.54) is 0 Å². The molecular formula is C15H19FO2. The summed E-state index contributed by atoms with van der Waals surface area (Å²) >= 11 is 0. The highest BCUT2D eigenvalue weighted by molar-refractivity contribution is 5.89. The van der Waals surface area contributed by atoms with Gasteiger partial charge in [0.05, 0.1) is 11.7 Å². The molecule has 18 heavy (non-hydrogen) atoms. The second-order valence-corrected chi connectivity index (χ2v) is 4.43. The highest BCUT2D eigenvalue weighted by Gasteiger charge is 2.22. The molecule has 0 spiro atoms. The summed E-state index contributed by atoms with van der Waals surface area (Å²) in [4.78, 5) is 11.7. The molecule has 0 aromatic heterocycles. The third-order valence-electron chi connectivity index (χ3n) is 2.79. The Balaban J connectivity index is 2.75. The molecule has 1 aromatic carbocycles. The Morgan fingerprint density at radius 2 is 2.17 bits per heavy atom. The summed E-state index contributed by atoms with van der Waals surface area (Å²) in [5, 5.41) is 0. The van der Waals surface area contributed by atoms with Gasteiger partial charge < -0.3 is 4.74 Å². The summed E-state index contributed by atoms with van der Waals surface area (Å²) < 4.78 is 19.2. The lowest BCUT2D eigenvalue weighted by Crippen LogP contribution is -2.17. The van der Waals surface area contributed by atoms with Gasteiger partial charge in [-0.05, 0) is 25.8 Å². The Bertz CT molecular complexity index is 440. The monoisotopic (exact) mass is 250 g/mol. The Labute approximate surface area is 107 Å². The number of rotatable bonds is 5. The van der Waals surface area contributed by atoms with Crippen molar-refractivity contribution in [2.45, 2.75) is 39.5 Å². The lowest BCUT2D eigenvalue weighted by Gasteiger charge is -2.15. The number of carbonyl (C=O) groups excluding carboxylic acids is 1. The molecule has 0 aliphatic heterocycles. The first-order valence-corrected chi connectivity index (χ1v) is 6.06. The molecule has 0 N–H and O–H groups in total. The summed E-state index contributed by atoms with van der Waals surface area (Å²) in [6.45, 7) is 9.04. The van der Waals surface area contributed by atoms with Gasteiger partial charge in [-0.3, -0.25) is 0 Å². The van der Waals surface area contributed by atoms with Crippen molar-refractivity contribution in [1.82, 2.24) is 0 Å². The Hall–Kier alpha value is -1.64. The lowest BCUT2D eigenvalue weighted by atomic mass is 10.0. The van der Waals surface area contributed by atoms with Gasteiger partial charge in [0.15, 0.2) is 6.17 Å². The highest BCUT2D eigenvalue weighted by atomic mass is 19.1. The van der Waals surface area contributed by atoms with Crippen LogP contribution in [0.3, 0.4) is 0 Å². The quantitative estimate of drug-likeness (QED) is 0.585. The number of alkyl halides is 1. The Kier molecular flexibility index (Phi) is 5.08. The summed E-state index contributed by atoms with van der Waals surface area (Å²) in [6.07, 6.45) is -1.04. The minimum atomic E-state index is -1.51. The Morgan fingerprint density at radius 1 is 1.50 bits per heavy atom. The zero-order valence-corrected chi connectivity index (χ0v) is 11.1. The van der Waals surface area contributed by atoms with Crippen LogP contribution in [0.2, 0.25) is 0 Å². The number of hydrogen-bond donors (Lipinski definition) is 0. The molecule has 1 rings (SSSR count). The molecule has 0 fully saturated rings. The van der Waals surface area contributed by atoms with Crippen LogP contribution in [-0.4, -0.2) is 12.1 Å². The fourth-order valence-corrected chi connectivity index (χ4v) is 1.47. The minimum absolute atomic E-state index is 0.152. The first kappa shape index (κ1) is 14.4. The lowest BCUT2D eigenvalue weighted by molar-refractivity contribution is -0.144. The molecule has 3 heteroatoms. The van der Waals surface area contributed by atoms with Crippen molar-refractivity contribution < 1.29 is 13.9 Å². The zero-order valence-electron chi connectivity index (χ0n) is 11.1. The second-order valence-electron chi connectivity index (χ2n) is 4.43. The first-order chi connectivity index (χ1) is 8.45. The van der Waals surface area contributed by atoms with Crippen LogP contribution in [-0.2, 0) is 9.53 Å². The SMILES string of the molecule is C=C(C(=O)OC(C)CC)C(F)c1cccc(C)c1. The number of halogens is 1. The van der Waals surface area contributed by atoms with Crippen molar-refractivity contribution >= 4 is 5.97 Å². The molecule has 2 atom stereocenters. The van der Waals surface area contributed by atoms with E-state index >= 15 is 0 Å². The molecular weight excluding hydrogens is 231 g/mol. The third-order valence-corrected chi connectivity index (χ3v) is 2.79. The van der Waals surface area contributed by atoms with E-state index in [0.29, 0.717) is 12.0 Å². The van der Waals surface area contributed by atoms with Crippen LogP contribution < -0.4 is 0 Å². The summed E-state index contributed by atoms with van der Waals surface area (Å²) in [5.41, 5.74) is 1.22. The molecule has 0 aliphatic rings. The van der Waals surface area contributed by atoms with Crippen LogP contribution in [0, 0.1) is 6.92 Å². The van der Waals surface area contributed by atoms with Gasteiger partial charge in [-0.1, -0.05) is 43.3 Å². The van der Waals surface area contributed by atoms with Gasteiger partial charge in [-0.25, -0.2) is 9.18 Å². The fourth-order valence-electron chi connectivity index (χ4n) is 1.47. The van der Waals surface area contributed by atoms with Crippen LogP contribution >= 0.6 is 0 Å². The number of ether oxygens (including phenoxy) is 1. The van der Waals surface area contributed by atoms with E-state index in [1.54, 1.807) is 25.1 Å². The molecule has 0 amide bonds. The van der Waals surface area contributed by atoms with Gasteiger partial charge in [0.2, 0.25) is 0 Å². The molecule has 2 nitrogen and oxygen atoms in total. The largest absolute Gasteiger partial charge is 0.459 e. The van der Waals surface area contributed by atoms with Crippen LogP contribution in [0.5, 0.6) is 0 Å². The average Bonchev–Trinajstić information content (AvgIpc) is 2.36. The minimum Gasteiger partial charge on any atom is -0.459 e. The molecule has 0 saturated carbocycles. The summed E-state index contributed by atoms with van der Waals surface area (Å²) in [5.74, 6) is -0.668. The fraction of sp³-hybridized carbons (Fsp3) is 0.400. The van der Waals surface area contributed by atoms with Crippen molar-refractivity contribution in [3.63, 3.8) is 0 Å². The molecule has 0 saturated heterocycles. The highest BCUT2D eigenvalue weighted by Crippen LogP contribution is 2.26. The molecule has 98 valence electrons. The maximum absolute atomic E-state index is 14.1. The van der Waals surface area contributed by atoms with Crippen molar-refractivity contribution in [2.75, 3.05) is 0 Å². The van der Waals surface area contributed by atoms with Gasteiger partial charge in [-0.15, -0.1) is 0 Å². The third kappa shape index (κ3) is 3.69. The maximum Gasteiger partial charge on any atom is 0.336 e. The van der Waals surface area contributed by atoms with E-state index in [2.05, 4.69) is 6.58 Å². The van der Waals surface area contributed by atoms with Crippen LogP contribution in [0.25, 0.3) is 0 Å².